The Kier molecular flexibility index (Phi) is 7.35. The fourth-order valence-electron chi connectivity index (χ4n) is 4.16. The van der Waals surface area contributed by atoms with Crippen molar-refractivity contribution in [3.63, 3.8) is 0 Å². The van der Waals surface area contributed by atoms with Crippen LogP contribution in [0.25, 0.3) is 0 Å². The van der Waals surface area contributed by atoms with Crippen molar-refractivity contribution in [1.82, 2.24) is 4.90 Å². The predicted molar refractivity (Wildman–Crippen MR) is 144 cm³/mol. The molecule has 5 nitrogen and oxygen atoms in total. The molecule has 3 aromatic rings. The Labute approximate surface area is 219 Å². The van der Waals surface area contributed by atoms with Gasteiger partial charge in [-0.25, -0.2) is 9.59 Å². The minimum Gasteiger partial charge on any atom is -0.425 e. The lowest BCUT2D eigenvalue weighted by Crippen LogP contribution is -2.38. The van der Waals surface area contributed by atoms with Crippen LogP contribution in [0.4, 0.5) is 0 Å². The topological polar surface area (TPSA) is 55.8 Å². The molecule has 190 valence electrons. The second-order valence-corrected chi connectivity index (χ2v) is 10.4. The van der Waals surface area contributed by atoms with Crippen molar-refractivity contribution in [2.24, 2.45) is 10.8 Å². The molecule has 4 rings (SSSR count). The van der Waals surface area contributed by atoms with Gasteiger partial charge in [0.25, 0.3) is 0 Å². The van der Waals surface area contributed by atoms with Gasteiger partial charge in [0.05, 0.1) is 11.1 Å². The molecule has 1 aliphatic heterocycles. The van der Waals surface area contributed by atoms with E-state index in [1.165, 1.54) is 0 Å². The third kappa shape index (κ3) is 5.67. The molecule has 3 aromatic carbocycles. The summed E-state index contributed by atoms with van der Waals surface area (Å²) in [7, 11) is 0. The van der Waals surface area contributed by atoms with E-state index < -0.39 is 22.8 Å². The molecular weight excluding hydrogens is 462 g/mol. The summed E-state index contributed by atoms with van der Waals surface area (Å²) in [6.07, 6.45) is 3.68. The largest absolute Gasteiger partial charge is 0.425 e. The zero-order valence-electron chi connectivity index (χ0n) is 22.0. The molecule has 0 atom stereocenters. The van der Waals surface area contributed by atoms with Crippen LogP contribution in [0, 0.1) is 17.8 Å². The van der Waals surface area contributed by atoms with E-state index in [0.29, 0.717) is 29.2 Å². The van der Waals surface area contributed by atoms with Crippen molar-refractivity contribution in [3.8, 4) is 0 Å². The number of carbonyl (C=O) groups excluding carboxylic acids is 2. The molecule has 0 saturated carbocycles. The summed E-state index contributed by atoms with van der Waals surface area (Å²) in [4.78, 5) is 28.1. The van der Waals surface area contributed by atoms with Crippen LogP contribution >= 0.6 is 0 Å². The molecule has 0 saturated heterocycles. The van der Waals surface area contributed by atoms with Gasteiger partial charge in [0.15, 0.2) is 0 Å². The maximum absolute atomic E-state index is 13.1. The summed E-state index contributed by atoms with van der Waals surface area (Å²) >= 11 is 0. The lowest BCUT2D eigenvalue weighted by molar-refractivity contribution is 0.0238. The van der Waals surface area contributed by atoms with Crippen LogP contribution in [0.3, 0.4) is 0 Å². The van der Waals surface area contributed by atoms with Crippen molar-refractivity contribution in [3.05, 3.63) is 131 Å². The van der Waals surface area contributed by atoms with Crippen LogP contribution in [-0.4, -0.2) is 16.8 Å². The minimum absolute atomic E-state index is 0.434. The highest BCUT2D eigenvalue weighted by Gasteiger charge is 2.48. The predicted octanol–water partition coefficient (Wildman–Crippen LogP) is 7.26. The lowest BCUT2D eigenvalue weighted by Gasteiger charge is -2.41. The molecule has 37 heavy (non-hydrogen) atoms. The van der Waals surface area contributed by atoms with Crippen molar-refractivity contribution in [2.45, 2.75) is 41.2 Å². The van der Waals surface area contributed by atoms with Crippen molar-refractivity contribution in [2.75, 3.05) is 0 Å². The molecule has 0 aromatic heterocycles. The van der Waals surface area contributed by atoms with Gasteiger partial charge in [-0.05, 0) is 36.8 Å². The molecule has 0 spiro atoms. The zero-order chi connectivity index (χ0) is 26.6. The molecule has 0 radical (unpaired) electrons. The van der Waals surface area contributed by atoms with Gasteiger partial charge in [0.2, 0.25) is 0 Å². The molecule has 0 amide bonds. The van der Waals surface area contributed by atoms with Gasteiger partial charge < -0.3 is 14.4 Å². The molecular formula is C32H33NO4. The van der Waals surface area contributed by atoms with E-state index in [0.717, 1.165) is 11.1 Å². The van der Waals surface area contributed by atoms with Crippen LogP contribution in [0.1, 0.15) is 59.5 Å². The highest BCUT2D eigenvalue weighted by Crippen LogP contribution is 2.51. The lowest BCUT2D eigenvalue weighted by atomic mass is 9.66. The Morgan fingerprint density at radius 3 is 1.57 bits per heavy atom. The molecule has 0 N–H and O–H groups in total. The third-order valence-electron chi connectivity index (χ3n) is 7.23. The molecule has 0 fully saturated rings. The van der Waals surface area contributed by atoms with Crippen LogP contribution in [0.2, 0.25) is 0 Å². The number of esters is 2. The average Bonchev–Trinajstić information content (AvgIpc) is 2.94. The quantitative estimate of drug-likeness (QED) is 0.337. The normalized spacial score (nSPS) is 16.2. The van der Waals surface area contributed by atoms with E-state index in [9.17, 15) is 9.59 Å². The number of hydrogen-bond donors (Lipinski definition) is 0. The smallest absolute Gasteiger partial charge is 0.343 e. The van der Waals surface area contributed by atoms with Crippen LogP contribution in [0.15, 0.2) is 109 Å². The van der Waals surface area contributed by atoms with Gasteiger partial charge in [-0.2, -0.15) is 0 Å². The average molecular weight is 496 g/mol. The van der Waals surface area contributed by atoms with E-state index in [1.807, 2.05) is 82.3 Å². The summed E-state index contributed by atoms with van der Waals surface area (Å²) in [6, 6.07) is 26.1. The second-order valence-electron chi connectivity index (χ2n) is 10.4. The van der Waals surface area contributed by atoms with Crippen LogP contribution in [-0.2, 0) is 16.0 Å². The van der Waals surface area contributed by atoms with Gasteiger partial charge in [-0.3, -0.25) is 0 Å². The number of hydrogen-bond acceptors (Lipinski definition) is 5. The van der Waals surface area contributed by atoms with E-state index in [-0.39, 0.29) is 0 Å². The van der Waals surface area contributed by atoms with Gasteiger partial charge in [0, 0.05) is 29.8 Å². The maximum atomic E-state index is 13.1. The SMILES string of the molecule is Cc1cccc(CN2C=C(OC(=O)c3ccccc3)C(C)(C)C(C)(C)C(OC(=O)c3ccccc3)=C2)c1. The zero-order valence-corrected chi connectivity index (χ0v) is 22.0. The summed E-state index contributed by atoms with van der Waals surface area (Å²) < 4.78 is 12.1. The van der Waals surface area contributed by atoms with Crippen LogP contribution < -0.4 is 0 Å². The first-order valence-corrected chi connectivity index (χ1v) is 12.4. The summed E-state index contributed by atoms with van der Waals surface area (Å²) in [6.45, 7) is 10.5. The number of ether oxygens (including phenoxy) is 2. The number of rotatable bonds is 6. The fourth-order valence-corrected chi connectivity index (χ4v) is 4.16. The number of nitrogens with zero attached hydrogens (tertiary/aromatic N) is 1. The number of benzene rings is 3. The monoisotopic (exact) mass is 495 g/mol. The summed E-state index contributed by atoms with van der Waals surface area (Å²) in [5, 5.41) is 0. The van der Waals surface area contributed by atoms with Gasteiger partial charge in [-0.15, -0.1) is 0 Å². The Morgan fingerprint density at radius 1 is 0.676 bits per heavy atom. The van der Waals surface area contributed by atoms with E-state index >= 15 is 0 Å². The maximum Gasteiger partial charge on any atom is 0.343 e. The first-order chi connectivity index (χ1) is 17.6. The van der Waals surface area contributed by atoms with Crippen molar-refractivity contribution in [1.29, 1.82) is 0 Å². The van der Waals surface area contributed by atoms with Crippen LogP contribution in [0.5, 0.6) is 0 Å². The standard InChI is InChI=1S/C32H33NO4/c1-23-13-12-14-24(19-23)20-33-21-27(36-29(34)25-15-8-6-9-16-25)31(2,3)32(4,5)28(22-33)37-30(35)26-17-10-7-11-18-26/h6-19,21-22H,20H2,1-5H3. The van der Waals surface area contributed by atoms with Gasteiger partial charge in [-0.1, -0.05) is 93.9 Å². The van der Waals surface area contributed by atoms with E-state index in [2.05, 4.69) is 6.07 Å². The Balaban J connectivity index is 1.74. The second kappa shape index (κ2) is 10.5. The summed E-state index contributed by atoms with van der Waals surface area (Å²) in [5.41, 5.74) is 1.74. The fraction of sp³-hybridized carbons (Fsp3) is 0.250. The van der Waals surface area contributed by atoms with Gasteiger partial charge >= 0.3 is 11.9 Å². The van der Waals surface area contributed by atoms with E-state index in [1.54, 1.807) is 48.5 Å². The third-order valence-corrected chi connectivity index (χ3v) is 7.23. The molecule has 0 unspecified atom stereocenters. The highest BCUT2D eigenvalue weighted by molar-refractivity contribution is 5.90. The summed E-state index contributed by atoms with van der Waals surface area (Å²) in [5.74, 6) is 0.106. The Morgan fingerprint density at radius 2 is 1.14 bits per heavy atom. The number of aryl methyl sites for hydroxylation is 1. The highest BCUT2D eigenvalue weighted by atomic mass is 16.5. The number of carbonyl (C=O) groups is 2. The number of allylic oxidation sites excluding steroid dienone is 2. The molecule has 1 aliphatic rings. The van der Waals surface area contributed by atoms with E-state index in [4.69, 9.17) is 9.47 Å². The Bertz CT molecular complexity index is 1260. The molecule has 0 aliphatic carbocycles. The first-order valence-electron chi connectivity index (χ1n) is 12.4. The molecule has 1 heterocycles. The molecule has 0 bridgehead atoms. The van der Waals surface area contributed by atoms with Crippen molar-refractivity contribution < 1.29 is 19.1 Å². The van der Waals surface area contributed by atoms with Gasteiger partial charge in [0.1, 0.15) is 11.5 Å². The molecule has 5 heteroatoms. The van der Waals surface area contributed by atoms with Crippen molar-refractivity contribution >= 4 is 11.9 Å². The minimum atomic E-state index is -0.707. The Hall–Kier alpha value is -4.12. The first kappa shape index (κ1) is 26.0.